The number of sulfonamides is 1. The average Bonchev–Trinajstić information content (AvgIpc) is 2.85. The molecule has 7 nitrogen and oxygen atoms in total. The summed E-state index contributed by atoms with van der Waals surface area (Å²) in [6, 6.07) is 11.5. The predicted octanol–water partition coefficient (Wildman–Crippen LogP) is 7.34. The minimum atomic E-state index is -4.08. The number of hydrogen-bond donors (Lipinski definition) is 2. The fraction of sp³-hybridized carbons (Fsp3) is 0.345. The number of rotatable bonds is 7. The van der Waals surface area contributed by atoms with Crippen LogP contribution in [0, 0.1) is 13.8 Å². The molecule has 39 heavy (non-hydrogen) atoms. The van der Waals surface area contributed by atoms with Crippen molar-refractivity contribution >= 4 is 44.9 Å². The van der Waals surface area contributed by atoms with Gasteiger partial charge in [-0.15, -0.1) is 0 Å². The molecule has 0 saturated heterocycles. The van der Waals surface area contributed by atoms with E-state index in [-0.39, 0.29) is 20.6 Å². The molecule has 0 saturated carbocycles. The number of carbonyl (C=O) groups is 1. The molecule has 1 aliphatic rings. The van der Waals surface area contributed by atoms with Gasteiger partial charge in [0.2, 0.25) is 0 Å². The molecule has 0 radical (unpaired) electrons. The number of anilines is 1. The van der Waals surface area contributed by atoms with Crippen LogP contribution in [0.2, 0.25) is 10.0 Å². The summed E-state index contributed by atoms with van der Waals surface area (Å²) >= 11 is 12.0. The van der Waals surface area contributed by atoms with Gasteiger partial charge in [0, 0.05) is 5.56 Å². The summed E-state index contributed by atoms with van der Waals surface area (Å²) in [5.74, 6) is -0.368. The first-order valence-corrected chi connectivity index (χ1v) is 14.7. The molecule has 208 valence electrons. The third-order valence-electron chi connectivity index (χ3n) is 6.43. The van der Waals surface area contributed by atoms with E-state index >= 15 is 0 Å². The maximum atomic E-state index is 13.3. The lowest BCUT2D eigenvalue weighted by Gasteiger charge is -2.30. The Kier molecular flexibility index (Phi) is 8.24. The molecule has 4 rings (SSSR count). The maximum absolute atomic E-state index is 13.3. The van der Waals surface area contributed by atoms with Gasteiger partial charge in [0.05, 0.1) is 32.8 Å². The van der Waals surface area contributed by atoms with Gasteiger partial charge >= 0.3 is 5.97 Å². The van der Waals surface area contributed by atoms with Crippen LogP contribution in [-0.2, 0) is 26.0 Å². The van der Waals surface area contributed by atoms with E-state index in [2.05, 4.69) is 4.72 Å². The Morgan fingerprint density at radius 3 is 2.44 bits per heavy atom. The van der Waals surface area contributed by atoms with Crippen LogP contribution in [0.3, 0.4) is 0 Å². The van der Waals surface area contributed by atoms with Crippen molar-refractivity contribution in [3.63, 3.8) is 0 Å². The van der Waals surface area contributed by atoms with Crippen molar-refractivity contribution in [3.8, 4) is 16.9 Å². The van der Waals surface area contributed by atoms with E-state index < -0.39 is 27.7 Å². The molecular weight excluding hydrogens is 561 g/mol. The Morgan fingerprint density at radius 2 is 1.79 bits per heavy atom. The van der Waals surface area contributed by atoms with Crippen molar-refractivity contribution < 1.29 is 27.8 Å². The van der Waals surface area contributed by atoms with Crippen molar-refractivity contribution in [2.75, 3.05) is 11.3 Å². The highest BCUT2D eigenvalue weighted by molar-refractivity contribution is 7.92. The molecule has 0 bridgehead atoms. The molecule has 0 spiro atoms. The zero-order valence-corrected chi connectivity index (χ0v) is 24.7. The summed E-state index contributed by atoms with van der Waals surface area (Å²) in [6.45, 7) is 9.49. The maximum Gasteiger partial charge on any atom is 0.337 e. The quantitative estimate of drug-likeness (QED) is 0.298. The normalized spacial score (nSPS) is 14.3. The van der Waals surface area contributed by atoms with Crippen molar-refractivity contribution in [1.29, 1.82) is 0 Å². The molecule has 3 aromatic rings. The van der Waals surface area contributed by atoms with E-state index in [1.54, 1.807) is 33.8 Å². The van der Waals surface area contributed by atoms with Gasteiger partial charge in [0.15, 0.2) is 6.10 Å². The van der Waals surface area contributed by atoms with Gasteiger partial charge in [-0.05, 0) is 112 Å². The monoisotopic (exact) mass is 591 g/mol. The van der Waals surface area contributed by atoms with Gasteiger partial charge in [0.25, 0.3) is 10.0 Å². The fourth-order valence-corrected chi connectivity index (χ4v) is 6.21. The standard InChI is InChI=1S/C29H31Cl2NO6S/c1-16-13-23(32-39(35,36)20-9-10-21(30)22(31)15-20)17(2)26(27(28(33)34)38-29(3,4)5)25(16)19-8-11-24-18(14-19)7-6-12-37-24/h8-11,13-15,27,32H,6-7,12H2,1-5H3,(H,33,34). The van der Waals surface area contributed by atoms with Crippen molar-refractivity contribution in [3.05, 3.63) is 74.8 Å². The number of fused-ring (bicyclic) bond motifs is 1. The van der Waals surface area contributed by atoms with Crippen LogP contribution in [0.25, 0.3) is 11.1 Å². The van der Waals surface area contributed by atoms with Crippen LogP contribution in [-0.4, -0.2) is 31.7 Å². The first kappa shape index (κ1) is 29.2. The highest BCUT2D eigenvalue weighted by Gasteiger charge is 2.33. The molecule has 1 aliphatic heterocycles. The Hall–Kier alpha value is -2.78. The SMILES string of the molecule is Cc1cc(NS(=O)(=O)c2ccc(Cl)c(Cl)c2)c(C)c(C(OC(C)(C)C)C(=O)O)c1-c1ccc2c(c1)CCCO2. The van der Waals surface area contributed by atoms with Crippen LogP contribution in [0.5, 0.6) is 5.75 Å². The van der Waals surface area contributed by atoms with Crippen molar-refractivity contribution in [2.24, 2.45) is 0 Å². The van der Waals surface area contributed by atoms with Crippen LogP contribution in [0.1, 0.15) is 55.5 Å². The summed E-state index contributed by atoms with van der Waals surface area (Å²) in [4.78, 5) is 12.6. The number of benzene rings is 3. The van der Waals surface area contributed by atoms with Gasteiger partial charge < -0.3 is 14.6 Å². The first-order valence-electron chi connectivity index (χ1n) is 12.5. The Morgan fingerprint density at radius 1 is 1.08 bits per heavy atom. The summed E-state index contributed by atoms with van der Waals surface area (Å²) in [5, 5.41) is 10.6. The molecule has 10 heteroatoms. The summed E-state index contributed by atoms with van der Waals surface area (Å²) in [7, 11) is -4.08. The number of carboxylic acids is 1. The number of carboxylic acid groups (broad SMARTS) is 1. The van der Waals surface area contributed by atoms with E-state index in [4.69, 9.17) is 32.7 Å². The highest BCUT2D eigenvalue weighted by atomic mass is 35.5. The minimum absolute atomic E-state index is 0.0741. The van der Waals surface area contributed by atoms with Crippen molar-refractivity contribution in [2.45, 2.75) is 64.1 Å². The van der Waals surface area contributed by atoms with Gasteiger partial charge in [-0.1, -0.05) is 29.3 Å². The second-order valence-electron chi connectivity index (χ2n) is 10.6. The number of ether oxygens (including phenoxy) is 2. The zero-order chi connectivity index (χ0) is 28.7. The lowest BCUT2D eigenvalue weighted by Crippen LogP contribution is -2.28. The molecule has 1 heterocycles. The van der Waals surface area contributed by atoms with Crippen LogP contribution >= 0.6 is 23.2 Å². The van der Waals surface area contributed by atoms with Gasteiger partial charge in [-0.25, -0.2) is 13.2 Å². The van der Waals surface area contributed by atoms with Crippen LogP contribution in [0.4, 0.5) is 5.69 Å². The second kappa shape index (κ2) is 11.0. The van der Waals surface area contributed by atoms with Gasteiger partial charge in [-0.3, -0.25) is 4.72 Å². The lowest BCUT2D eigenvalue weighted by molar-refractivity contribution is -0.160. The molecule has 1 unspecified atom stereocenters. The Balaban J connectivity index is 1.92. The fourth-order valence-electron chi connectivity index (χ4n) is 4.71. The second-order valence-corrected chi connectivity index (χ2v) is 13.1. The van der Waals surface area contributed by atoms with E-state index in [0.29, 0.717) is 28.9 Å². The van der Waals surface area contributed by atoms with Gasteiger partial charge in [-0.2, -0.15) is 0 Å². The lowest BCUT2D eigenvalue weighted by atomic mass is 9.86. The molecule has 3 aromatic carbocycles. The number of nitrogens with one attached hydrogen (secondary N) is 1. The third kappa shape index (κ3) is 6.35. The molecular formula is C29H31Cl2NO6S. The molecule has 0 aliphatic carbocycles. The van der Waals surface area contributed by atoms with E-state index in [1.165, 1.54) is 18.2 Å². The molecule has 0 fully saturated rings. The van der Waals surface area contributed by atoms with Crippen LogP contribution < -0.4 is 9.46 Å². The third-order valence-corrected chi connectivity index (χ3v) is 8.54. The average molecular weight is 593 g/mol. The molecule has 0 amide bonds. The molecule has 2 N–H and O–H groups in total. The first-order chi connectivity index (χ1) is 18.2. The number of halogens is 2. The molecule has 0 aromatic heterocycles. The van der Waals surface area contributed by atoms with E-state index in [0.717, 1.165) is 29.7 Å². The smallest absolute Gasteiger partial charge is 0.337 e. The summed E-state index contributed by atoms with van der Waals surface area (Å²) < 4.78 is 41.1. The Bertz CT molecular complexity index is 1550. The van der Waals surface area contributed by atoms with E-state index in [9.17, 15) is 18.3 Å². The summed E-state index contributed by atoms with van der Waals surface area (Å²) in [5.41, 5.74) is 3.46. The number of aliphatic carboxylic acids is 1. The number of aryl methyl sites for hydroxylation is 2. The number of hydrogen-bond acceptors (Lipinski definition) is 5. The van der Waals surface area contributed by atoms with Crippen molar-refractivity contribution in [1.82, 2.24) is 0 Å². The minimum Gasteiger partial charge on any atom is -0.493 e. The topological polar surface area (TPSA) is 102 Å². The highest BCUT2D eigenvalue weighted by Crippen LogP contribution is 2.42. The predicted molar refractivity (Wildman–Crippen MR) is 154 cm³/mol. The zero-order valence-electron chi connectivity index (χ0n) is 22.4. The summed E-state index contributed by atoms with van der Waals surface area (Å²) in [6.07, 6.45) is 0.376. The largest absolute Gasteiger partial charge is 0.493 e. The Labute approximate surface area is 239 Å². The van der Waals surface area contributed by atoms with Gasteiger partial charge in [0.1, 0.15) is 5.75 Å². The van der Waals surface area contributed by atoms with E-state index in [1.807, 2.05) is 25.1 Å². The molecule has 1 atom stereocenters. The van der Waals surface area contributed by atoms with Crippen LogP contribution in [0.15, 0.2) is 47.4 Å².